The summed E-state index contributed by atoms with van der Waals surface area (Å²) >= 11 is 0. The van der Waals surface area contributed by atoms with Crippen molar-refractivity contribution in [3.05, 3.63) is 36.3 Å². The maximum absolute atomic E-state index is 13.1. The number of rotatable bonds is 7. The first-order chi connectivity index (χ1) is 10.1. The minimum absolute atomic E-state index is 0.302. The molecule has 1 heterocycles. The Morgan fingerprint density at radius 2 is 2.14 bits per heavy atom. The van der Waals surface area contributed by atoms with Crippen LogP contribution in [0.4, 0.5) is 21.8 Å². The minimum Gasteiger partial charge on any atom is -0.353 e. The number of hydrogen-bond donors (Lipinski definition) is 2. The summed E-state index contributed by atoms with van der Waals surface area (Å²) in [6.07, 6.45) is 2.48. The molecule has 1 aromatic carbocycles. The first kappa shape index (κ1) is 15.1. The Hall–Kier alpha value is -2.28. The number of nitrogens with one attached hydrogen (secondary N) is 2. The highest BCUT2D eigenvalue weighted by Crippen LogP contribution is 2.15. The zero-order valence-corrected chi connectivity index (χ0v) is 12.2. The summed E-state index contributed by atoms with van der Waals surface area (Å²) in [5, 5.41) is 13.9. The van der Waals surface area contributed by atoms with E-state index in [1.54, 1.807) is 12.1 Å². The van der Waals surface area contributed by atoms with Crippen LogP contribution in [-0.4, -0.2) is 47.3 Å². The van der Waals surface area contributed by atoms with Gasteiger partial charge in [-0.1, -0.05) is 6.07 Å². The Kier molecular flexibility index (Phi) is 5.39. The summed E-state index contributed by atoms with van der Waals surface area (Å²) in [6, 6.07) is 6.18. The summed E-state index contributed by atoms with van der Waals surface area (Å²) in [5.74, 6) is 0.671. The smallest absolute Gasteiger partial charge is 0.244 e. The van der Waals surface area contributed by atoms with Crippen LogP contribution in [0.5, 0.6) is 0 Å². The number of anilines is 3. The highest BCUT2D eigenvalue weighted by atomic mass is 19.1. The van der Waals surface area contributed by atoms with Crippen molar-refractivity contribution in [2.75, 3.05) is 37.8 Å². The third-order valence-electron chi connectivity index (χ3n) is 2.72. The van der Waals surface area contributed by atoms with Crippen molar-refractivity contribution in [3.8, 4) is 0 Å². The molecule has 0 spiro atoms. The first-order valence-electron chi connectivity index (χ1n) is 6.74. The Labute approximate surface area is 123 Å². The van der Waals surface area contributed by atoms with Crippen molar-refractivity contribution >= 4 is 17.5 Å². The highest BCUT2D eigenvalue weighted by molar-refractivity contribution is 5.55. The molecule has 6 nitrogen and oxygen atoms in total. The SMILES string of the molecule is CN(C)CCCNc1nncc(Nc2cccc(F)c2)n1. The average molecular weight is 290 g/mol. The largest absolute Gasteiger partial charge is 0.353 e. The van der Waals surface area contributed by atoms with Gasteiger partial charge in [0.05, 0.1) is 6.20 Å². The molecular formula is C14H19FN6. The van der Waals surface area contributed by atoms with E-state index >= 15 is 0 Å². The number of benzene rings is 1. The molecular weight excluding hydrogens is 271 g/mol. The van der Waals surface area contributed by atoms with Crippen LogP contribution in [0.25, 0.3) is 0 Å². The van der Waals surface area contributed by atoms with Gasteiger partial charge in [-0.15, -0.1) is 5.10 Å². The molecule has 112 valence electrons. The van der Waals surface area contributed by atoms with Gasteiger partial charge in [0.25, 0.3) is 0 Å². The Morgan fingerprint density at radius 3 is 2.90 bits per heavy atom. The van der Waals surface area contributed by atoms with Gasteiger partial charge in [0.2, 0.25) is 5.95 Å². The van der Waals surface area contributed by atoms with E-state index in [1.807, 2.05) is 14.1 Å². The molecule has 0 saturated carbocycles. The van der Waals surface area contributed by atoms with Gasteiger partial charge in [0.1, 0.15) is 5.82 Å². The van der Waals surface area contributed by atoms with Crippen LogP contribution in [0.1, 0.15) is 6.42 Å². The fourth-order valence-corrected chi connectivity index (χ4v) is 1.75. The highest BCUT2D eigenvalue weighted by Gasteiger charge is 2.02. The normalized spacial score (nSPS) is 10.7. The van der Waals surface area contributed by atoms with Gasteiger partial charge < -0.3 is 15.5 Å². The molecule has 21 heavy (non-hydrogen) atoms. The van der Waals surface area contributed by atoms with Crippen molar-refractivity contribution in [2.45, 2.75) is 6.42 Å². The molecule has 0 saturated heterocycles. The topological polar surface area (TPSA) is 66.0 Å². The van der Waals surface area contributed by atoms with Crippen LogP contribution in [0, 0.1) is 5.82 Å². The molecule has 0 amide bonds. The molecule has 0 bridgehead atoms. The third kappa shape index (κ3) is 5.31. The predicted octanol–water partition coefficient (Wildman–Crippen LogP) is 2.12. The van der Waals surface area contributed by atoms with Crippen molar-refractivity contribution in [1.29, 1.82) is 0 Å². The van der Waals surface area contributed by atoms with E-state index in [9.17, 15) is 4.39 Å². The molecule has 0 radical (unpaired) electrons. The molecule has 2 aromatic rings. The van der Waals surface area contributed by atoms with Gasteiger partial charge in [-0.05, 0) is 45.3 Å². The second kappa shape index (κ2) is 7.49. The summed E-state index contributed by atoms with van der Waals surface area (Å²) in [7, 11) is 4.06. The lowest BCUT2D eigenvalue weighted by Crippen LogP contribution is -2.17. The molecule has 0 unspecified atom stereocenters. The number of halogens is 1. The van der Waals surface area contributed by atoms with Crippen LogP contribution in [0.2, 0.25) is 0 Å². The van der Waals surface area contributed by atoms with Crippen molar-refractivity contribution in [1.82, 2.24) is 20.1 Å². The number of aromatic nitrogens is 3. The predicted molar refractivity (Wildman–Crippen MR) is 81.2 cm³/mol. The lowest BCUT2D eigenvalue weighted by molar-refractivity contribution is 0.405. The molecule has 0 aliphatic heterocycles. The zero-order valence-electron chi connectivity index (χ0n) is 12.2. The van der Waals surface area contributed by atoms with E-state index < -0.39 is 0 Å². The minimum atomic E-state index is -0.302. The molecule has 2 N–H and O–H groups in total. The van der Waals surface area contributed by atoms with E-state index in [-0.39, 0.29) is 5.82 Å². The monoisotopic (exact) mass is 290 g/mol. The second-order valence-electron chi connectivity index (χ2n) is 4.88. The van der Waals surface area contributed by atoms with Crippen LogP contribution < -0.4 is 10.6 Å². The Balaban J connectivity index is 1.91. The van der Waals surface area contributed by atoms with Crippen molar-refractivity contribution in [3.63, 3.8) is 0 Å². The van der Waals surface area contributed by atoms with E-state index in [2.05, 4.69) is 30.7 Å². The van der Waals surface area contributed by atoms with Crippen molar-refractivity contribution in [2.24, 2.45) is 0 Å². The van der Waals surface area contributed by atoms with E-state index in [1.165, 1.54) is 18.3 Å². The number of hydrogen-bond acceptors (Lipinski definition) is 6. The summed E-state index contributed by atoms with van der Waals surface area (Å²) in [5.41, 5.74) is 0.619. The van der Waals surface area contributed by atoms with E-state index in [4.69, 9.17) is 0 Å². The van der Waals surface area contributed by atoms with Crippen LogP contribution in [-0.2, 0) is 0 Å². The van der Waals surface area contributed by atoms with E-state index in [0.717, 1.165) is 19.5 Å². The maximum Gasteiger partial charge on any atom is 0.244 e. The van der Waals surface area contributed by atoms with E-state index in [0.29, 0.717) is 17.5 Å². The molecule has 2 rings (SSSR count). The fourth-order valence-electron chi connectivity index (χ4n) is 1.75. The van der Waals surface area contributed by atoms with Crippen LogP contribution in [0.3, 0.4) is 0 Å². The molecule has 1 aromatic heterocycles. The maximum atomic E-state index is 13.1. The van der Waals surface area contributed by atoms with Gasteiger partial charge in [-0.2, -0.15) is 10.1 Å². The zero-order chi connectivity index (χ0) is 15.1. The van der Waals surface area contributed by atoms with Gasteiger partial charge in [-0.25, -0.2) is 4.39 Å². The van der Waals surface area contributed by atoms with Crippen LogP contribution >= 0.6 is 0 Å². The molecule has 0 fully saturated rings. The molecule has 0 atom stereocenters. The summed E-state index contributed by atoms with van der Waals surface area (Å²) in [6.45, 7) is 1.75. The van der Waals surface area contributed by atoms with Gasteiger partial charge in [-0.3, -0.25) is 0 Å². The fraction of sp³-hybridized carbons (Fsp3) is 0.357. The first-order valence-corrected chi connectivity index (χ1v) is 6.74. The van der Waals surface area contributed by atoms with Gasteiger partial charge >= 0.3 is 0 Å². The van der Waals surface area contributed by atoms with Gasteiger partial charge in [0.15, 0.2) is 5.82 Å². The lowest BCUT2D eigenvalue weighted by Gasteiger charge is -2.10. The molecule has 0 aliphatic carbocycles. The Bertz CT molecular complexity index is 575. The second-order valence-corrected chi connectivity index (χ2v) is 4.88. The molecule has 0 aliphatic rings. The standard InChI is InChI=1S/C14H19FN6/c1-21(2)8-4-7-16-14-19-13(10-17-20-14)18-12-6-3-5-11(15)9-12/h3,5-6,9-10H,4,7-8H2,1-2H3,(H2,16,18,19,20). The Morgan fingerprint density at radius 1 is 1.29 bits per heavy atom. The summed E-state index contributed by atoms with van der Waals surface area (Å²) in [4.78, 5) is 6.40. The summed E-state index contributed by atoms with van der Waals surface area (Å²) < 4.78 is 13.1. The number of nitrogens with zero attached hydrogens (tertiary/aromatic N) is 4. The van der Waals surface area contributed by atoms with Gasteiger partial charge in [0, 0.05) is 12.2 Å². The third-order valence-corrected chi connectivity index (χ3v) is 2.72. The average Bonchev–Trinajstić information content (AvgIpc) is 2.44. The molecule has 7 heteroatoms. The quantitative estimate of drug-likeness (QED) is 0.761. The lowest BCUT2D eigenvalue weighted by atomic mass is 10.3. The van der Waals surface area contributed by atoms with Crippen molar-refractivity contribution < 1.29 is 4.39 Å². The van der Waals surface area contributed by atoms with Crippen LogP contribution in [0.15, 0.2) is 30.5 Å².